The van der Waals surface area contributed by atoms with Gasteiger partial charge in [0.25, 0.3) is 0 Å². The normalized spacial score (nSPS) is 8.60. The van der Waals surface area contributed by atoms with Gasteiger partial charge in [-0.3, -0.25) is 0 Å². The van der Waals surface area contributed by atoms with Crippen LogP contribution in [-0.4, -0.2) is 6.61 Å². The second-order valence-corrected chi connectivity index (χ2v) is 1.30. The summed E-state index contributed by atoms with van der Waals surface area (Å²) >= 11 is 1.71. The first-order valence-electron chi connectivity index (χ1n) is 1.70. The third-order valence-corrected chi connectivity index (χ3v) is 0.625. The minimum absolute atomic E-state index is 0.889. The van der Waals surface area contributed by atoms with Crippen LogP contribution in [0.4, 0.5) is 0 Å². The Morgan fingerprint density at radius 3 is 2.40 bits per heavy atom. The molecule has 0 bridgehead atoms. The zero-order chi connectivity index (χ0) is 4.12. The van der Waals surface area contributed by atoms with Gasteiger partial charge in [-0.1, -0.05) is 0 Å². The Labute approximate surface area is 44.6 Å². The van der Waals surface area contributed by atoms with Crippen molar-refractivity contribution >= 4 is 0 Å². The molecule has 0 aliphatic rings. The van der Waals surface area contributed by atoms with Gasteiger partial charge in [0, 0.05) is 0 Å². The summed E-state index contributed by atoms with van der Waals surface area (Å²) in [7, 11) is 0. The van der Waals surface area contributed by atoms with E-state index in [1.54, 1.807) is 20.8 Å². The van der Waals surface area contributed by atoms with Crippen molar-refractivity contribution in [2.24, 2.45) is 0 Å². The standard InChI is InChI=1S/C3H7O.Ti/c1-2-3-4;/h2-3H2,1H3;/q-1;+4. The van der Waals surface area contributed by atoms with Crippen LogP contribution in [0.15, 0.2) is 0 Å². The Hall–Kier alpha value is 0.674. The Bertz CT molecular complexity index is 14.4. The van der Waals surface area contributed by atoms with Gasteiger partial charge in [-0.25, -0.2) is 0 Å². The van der Waals surface area contributed by atoms with E-state index in [4.69, 9.17) is 3.32 Å². The van der Waals surface area contributed by atoms with Gasteiger partial charge in [0.05, 0.1) is 0 Å². The van der Waals surface area contributed by atoms with Gasteiger partial charge in [-0.15, -0.1) is 0 Å². The topological polar surface area (TPSA) is 9.23 Å². The first kappa shape index (κ1) is 5.67. The molecule has 1 nitrogen and oxygen atoms in total. The molecule has 0 aliphatic heterocycles. The molecule has 0 radical (unpaired) electrons. The van der Waals surface area contributed by atoms with Crippen molar-refractivity contribution in [3.8, 4) is 0 Å². The molecular formula is C3H7OTi+3. The molecular weight excluding hydrogens is 99.9 g/mol. The maximum atomic E-state index is 4.69. The minimum atomic E-state index is 0.889. The molecule has 0 unspecified atom stereocenters. The van der Waals surface area contributed by atoms with Gasteiger partial charge in [-0.2, -0.15) is 0 Å². The summed E-state index contributed by atoms with van der Waals surface area (Å²) in [4.78, 5) is 0. The van der Waals surface area contributed by atoms with Gasteiger partial charge in [0.1, 0.15) is 0 Å². The van der Waals surface area contributed by atoms with Crippen LogP contribution in [-0.2, 0) is 24.1 Å². The van der Waals surface area contributed by atoms with Crippen LogP contribution in [0.3, 0.4) is 0 Å². The van der Waals surface area contributed by atoms with E-state index in [0.717, 1.165) is 13.0 Å². The second kappa shape index (κ2) is 4.67. The fraction of sp³-hybridized carbons (Fsp3) is 1.00. The quantitative estimate of drug-likeness (QED) is 0.476. The van der Waals surface area contributed by atoms with Gasteiger partial charge in [0.15, 0.2) is 0 Å². The van der Waals surface area contributed by atoms with Crippen LogP contribution in [0.2, 0.25) is 0 Å². The van der Waals surface area contributed by atoms with Gasteiger partial charge in [0.2, 0.25) is 0 Å². The van der Waals surface area contributed by atoms with Crippen molar-refractivity contribution in [1.82, 2.24) is 0 Å². The summed E-state index contributed by atoms with van der Waals surface area (Å²) in [5, 5.41) is 0. The number of hydrogen-bond donors (Lipinski definition) is 0. The Balaban J connectivity index is 2.19. The van der Waals surface area contributed by atoms with Crippen molar-refractivity contribution in [2.45, 2.75) is 13.3 Å². The Kier molecular flexibility index (Phi) is 5.30. The summed E-state index contributed by atoms with van der Waals surface area (Å²) in [5.41, 5.74) is 0. The molecule has 0 rings (SSSR count). The third-order valence-electron chi connectivity index (χ3n) is 0.306. The molecule has 0 fully saturated rings. The van der Waals surface area contributed by atoms with Crippen LogP contribution in [0.1, 0.15) is 13.3 Å². The van der Waals surface area contributed by atoms with Crippen LogP contribution in [0.5, 0.6) is 0 Å². The molecule has 2 heteroatoms. The van der Waals surface area contributed by atoms with Crippen LogP contribution in [0.25, 0.3) is 0 Å². The summed E-state index contributed by atoms with van der Waals surface area (Å²) in [6.45, 7) is 2.98. The van der Waals surface area contributed by atoms with Crippen LogP contribution >= 0.6 is 0 Å². The van der Waals surface area contributed by atoms with E-state index in [2.05, 4.69) is 6.92 Å². The van der Waals surface area contributed by atoms with E-state index in [0.29, 0.717) is 0 Å². The number of hydrogen-bond acceptors (Lipinski definition) is 1. The predicted octanol–water partition coefficient (Wildman–Crippen LogP) is 0.875. The van der Waals surface area contributed by atoms with E-state index < -0.39 is 0 Å². The number of rotatable bonds is 2. The third kappa shape index (κ3) is 4.67. The molecule has 0 aromatic heterocycles. The zero-order valence-electron chi connectivity index (χ0n) is 3.32. The predicted molar refractivity (Wildman–Crippen MR) is 16.2 cm³/mol. The molecule has 0 aromatic rings. The van der Waals surface area contributed by atoms with Crippen molar-refractivity contribution in [3.63, 3.8) is 0 Å². The van der Waals surface area contributed by atoms with Crippen LogP contribution in [0, 0.1) is 0 Å². The molecule has 0 spiro atoms. The van der Waals surface area contributed by atoms with Gasteiger partial charge < -0.3 is 0 Å². The average Bonchev–Trinajstić information content (AvgIpc) is 1.41. The molecule has 0 aromatic carbocycles. The monoisotopic (exact) mass is 107 g/mol. The SMILES string of the molecule is CCC[O][Ti+3]. The summed E-state index contributed by atoms with van der Waals surface area (Å²) < 4.78 is 4.69. The van der Waals surface area contributed by atoms with E-state index in [1.807, 2.05) is 0 Å². The van der Waals surface area contributed by atoms with Gasteiger partial charge in [-0.05, 0) is 0 Å². The summed E-state index contributed by atoms with van der Waals surface area (Å²) in [6.07, 6.45) is 1.12. The molecule has 0 saturated heterocycles. The maximum absolute atomic E-state index is 4.69. The molecule has 26 valence electrons. The van der Waals surface area contributed by atoms with Crippen molar-refractivity contribution in [3.05, 3.63) is 0 Å². The molecule has 0 N–H and O–H groups in total. The van der Waals surface area contributed by atoms with E-state index in [-0.39, 0.29) is 0 Å². The molecule has 5 heavy (non-hydrogen) atoms. The summed E-state index contributed by atoms with van der Waals surface area (Å²) in [5.74, 6) is 0. The zero-order valence-corrected chi connectivity index (χ0v) is 4.88. The van der Waals surface area contributed by atoms with E-state index in [9.17, 15) is 0 Å². The fourth-order valence-corrected chi connectivity index (χ4v) is 0.421. The molecule has 0 saturated carbocycles. The summed E-state index contributed by atoms with van der Waals surface area (Å²) in [6, 6.07) is 0. The Morgan fingerprint density at radius 2 is 2.40 bits per heavy atom. The first-order valence-corrected chi connectivity index (χ1v) is 2.34. The van der Waals surface area contributed by atoms with Crippen molar-refractivity contribution in [1.29, 1.82) is 0 Å². The van der Waals surface area contributed by atoms with E-state index >= 15 is 0 Å². The second-order valence-electron chi connectivity index (χ2n) is 0.848. The Morgan fingerprint density at radius 1 is 1.80 bits per heavy atom. The van der Waals surface area contributed by atoms with Crippen molar-refractivity contribution < 1.29 is 24.1 Å². The first-order chi connectivity index (χ1) is 2.41. The molecule has 0 aliphatic carbocycles. The molecule has 0 atom stereocenters. The molecule has 0 heterocycles. The van der Waals surface area contributed by atoms with Crippen molar-refractivity contribution in [2.75, 3.05) is 6.61 Å². The average molecular weight is 107 g/mol. The van der Waals surface area contributed by atoms with E-state index in [1.165, 1.54) is 0 Å². The van der Waals surface area contributed by atoms with Gasteiger partial charge >= 0.3 is 44.1 Å². The fourth-order valence-electron chi connectivity index (χ4n) is 0.102. The molecule has 0 amide bonds. The van der Waals surface area contributed by atoms with Crippen LogP contribution < -0.4 is 0 Å².